The number of carbonyl (C=O) groups is 1. The first-order chi connectivity index (χ1) is 18.7. The maximum atomic E-state index is 13.0. The van der Waals surface area contributed by atoms with Crippen LogP contribution in [0, 0.1) is 0 Å². The van der Waals surface area contributed by atoms with Crippen molar-refractivity contribution in [2.24, 2.45) is 0 Å². The third-order valence-corrected chi connectivity index (χ3v) is 7.65. The number of hydrogen-bond donors (Lipinski definition) is 1. The fourth-order valence-corrected chi connectivity index (χ4v) is 5.36. The predicted molar refractivity (Wildman–Crippen MR) is 149 cm³/mol. The van der Waals surface area contributed by atoms with E-state index in [1.54, 1.807) is 0 Å². The van der Waals surface area contributed by atoms with Crippen LogP contribution in [0.2, 0.25) is 0 Å². The van der Waals surface area contributed by atoms with Crippen molar-refractivity contribution < 1.29 is 9.53 Å². The molecule has 2 aliphatic heterocycles. The third-order valence-electron chi connectivity index (χ3n) is 7.65. The molecular formula is C30H34N6O2. The van der Waals surface area contributed by atoms with Gasteiger partial charge in [0.2, 0.25) is 0 Å². The quantitative estimate of drug-likeness (QED) is 0.424. The lowest BCUT2D eigenvalue weighted by Gasteiger charge is -2.34. The Morgan fingerprint density at radius 3 is 2.47 bits per heavy atom. The highest BCUT2D eigenvalue weighted by atomic mass is 16.5. The van der Waals surface area contributed by atoms with Crippen LogP contribution < -0.4 is 0 Å². The van der Waals surface area contributed by atoms with Crippen molar-refractivity contribution in [1.29, 1.82) is 0 Å². The first-order valence-corrected chi connectivity index (χ1v) is 13.5. The summed E-state index contributed by atoms with van der Waals surface area (Å²) in [5.74, 6) is 0.845. The predicted octanol–water partition coefficient (Wildman–Crippen LogP) is 3.90. The molecule has 6 rings (SSSR count). The maximum absolute atomic E-state index is 13.0. The molecule has 0 aliphatic carbocycles. The van der Waals surface area contributed by atoms with E-state index in [4.69, 9.17) is 9.72 Å². The molecule has 4 heterocycles. The van der Waals surface area contributed by atoms with Crippen LogP contribution in [-0.2, 0) is 11.3 Å². The fraction of sp³-hybridized carbons (Fsp3) is 0.367. The van der Waals surface area contributed by atoms with Gasteiger partial charge in [0, 0.05) is 68.7 Å². The monoisotopic (exact) mass is 510 g/mol. The number of nitrogens with one attached hydrogen (secondary N) is 1. The molecule has 0 radical (unpaired) electrons. The number of aromatic amines is 1. The highest BCUT2D eigenvalue weighted by Gasteiger charge is 2.21. The summed E-state index contributed by atoms with van der Waals surface area (Å²) in [5, 5.41) is 0. The van der Waals surface area contributed by atoms with Crippen molar-refractivity contribution in [3.63, 3.8) is 0 Å². The normalized spacial score (nSPS) is 17.2. The number of fused-ring (bicyclic) bond motifs is 1. The number of benzene rings is 2. The Balaban J connectivity index is 1.22. The topological polar surface area (TPSA) is 77.6 Å². The van der Waals surface area contributed by atoms with Gasteiger partial charge in [0.15, 0.2) is 5.65 Å². The Labute approximate surface area is 223 Å². The number of H-pyrrole nitrogens is 1. The molecule has 196 valence electrons. The first kappa shape index (κ1) is 24.7. The molecule has 2 aliphatic rings. The molecule has 1 amide bonds. The van der Waals surface area contributed by atoms with E-state index in [0.29, 0.717) is 11.2 Å². The van der Waals surface area contributed by atoms with Crippen LogP contribution in [0.15, 0.2) is 60.8 Å². The fourth-order valence-electron chi connectivity index (χ4n) is 5.36. The number of likely N-dealkylation sites (N-methyl/N-ethyl adjacent to an activating group) is 1. The Bertz CT molecular complexity index is 1400. The van der Waals surface area contributed by atoms with Gasteiger partial charge in [-0.15, -0.1) is 0 Å². The Hall–Kier alpha value is -3.59. The number of hydrogen-bond acceptors (Lipinski definition) is 6. The van der Waals surface area contributed by atoms with E-state index in [0.717, 1.165) is 93.6 Å². The molecule has 2 fully saturated rings. The standard InChI is InChI=1S/C30H34N6O2/c1-2-34-12-14-36(15-13-34)30(37)24-8-6-23(7-9-24)28-32-27-26(10-11-31-29(27)33-28)25-5-3-4-22(20-25)21-35-16-18-38-19-17-35/h3-11,20H,2,12-19,21H2,1H3,(H,31,32,33). The van der Waals surface area contributed by atoms with E-state index in [1.165, 1.54) is 5.56 Å². The smallest absolute Gasteiger partial charge is 0.253 e. The van der Waals surface area contributed by atoms with Gasteiger partial charge in [-0.1, -0.05) is 37.3 Å². The molecule has 2 saturated heterocycles. The molecule has 2 aromatic heterocycles. The number of carbonyl (C=O) groups excluding carboxylic acids is 1. The molecule has 0 unspecified atom stereocenters. The van der Waals surface area contributed by atoms with E-state index in [2.05, 4.69) is 51.0 Å². The van der Waals surface area contributed by atoms with Crippen LogP contribution >= 0.6 is 0 Å². The number of imidazole rings is 1. The van der Waals surface area contributed by atoms with E-state index in [-0.39, 0.29) is 5.91 Å². The van der Waals surface area contributed by atoms with Crippen molar-refractivity contribution in [3.05, 3.63) is 71.9 Å². The lowest BCUT2D eigenvalue weighted by molar-refractivity contribution is 0.0342. The maximum Gasteiger partial charge on any atom is 0.253 e. The van der Waals surface area contributed by atoms with Gasteiger partial charge in [0.05, 0.1) is 18.7 Å². The Morgan fingerprint density at radius 2 is 1.71 bits per heavy atom. The molecule has 4 aromatic rings. The van der Waals surface area contributed by atoms with Gasteiger partial charge in [-0.3, -0.25) is 9.69 Å². The highest BCUT2D eigenvalue weighted by molar-refractivity contribution is 5.95. The summed E-state index contributed by atoms with van der Waals surface area (Å²) >= 11 is 0. The molecule has 2 aromatic carbocycles. The van der Waals surface area contributed by atoms with E-state index in [1.807, 2.05) is 41.4 Å². The average molecular weight is 511 g/mol. The minimum atomic E-state index is 0.0952. The zero-order valence-electron chi connectivity index (χ0n) is 21.9. The van der Waals surface area contributed by atoms with Gasteiger partial charge >= 0.3 is 0 Å². The van der Waals surface area contributed by atoms with Crippen LogP contribution in [0.25, 0.3) is 33.7 Å². The van der Waals surface area contributed by atoms with E-state index >= 15 is 0 Å². The number of piperazine rings is 1. The number of amides is 1. The van der Waals surface area contributed by atoms with Crippen LogP contribution in [0.5, 0.6) is 0 Å². The van der Waals surface area contributed by atoms with Crippen molar-refractivity contribution in [2.75, 3.05) is 59.0 Å². The molecule has 0 bridgehead atoms. The summed E-state index contributed by atoms with van der Waals surface area (Å²) < 4.78 is 5.49. The Morgan fingerprint density at radius 1 is 0.921 bits per heavy atom. The highest BCUT2D eigenvalue weighted by Crippen LogP contribution is 2.29. The molecule has 8 heteroatoms. The molecule has 0 atom stereocenters. The molecule has 8 nitrogen and oxygen atoms in total. The molecule has 38 heavy (non-hydrogen) atoms. The second-order valence-electron chi connectivity index (χ2n) is 10.0. The summed E-state index contributed by atoms with van der Waals surface area (Å²) in [4.78, 5) is 32.6. The van der Waals surface area contributed by atoms with Crippen molar-refractivity contribution in [3.8, 4) is 22.5 Å². The second-order valence-corrected chi connectivity index (χ2v) is 10.0. The van der Waals surface area contributed by atoms with Crippen molar-refractivity contribution in [1.82, 2.24) is 29.7 Å². The summed E-state index contributed by atoms with van der Waals surface area (Å²) in [6.45, 7) is 11.1. The number of aromatic nitrogens is 3. The van der Waals surface area contributed by atoms with Crippen molar-refractivity contribution >= 4 is 17.1 Å². The lowest BCUT2D eigenvalue weighted by atomic mass is 10.0. The van der Waals surface area contributed by atoms with Gasteiger partial charge < -0.3 is 19.5 Å². The molecule has 0 spiro atoms. The molecular weight excluding hydrogens is 476 g/mol. The second kappa shape index (κ2) is 11.0. The van der Waals surface area contributed by atoms with Crippen LogP contribution in [0.1, 0.15) is 22.8 Å². The SMILES string of the molecule is CCN1CCN(C(=O)c2ccc(-c3nc4nccc(-c5cccc(CN6CCOCC6)c5)c4[nH]3)cc2)CC1. The summed E-state index contributed by atoms with van der Waals surface area (Å²) in [5.41, 5.74) is 6.75. The summed E-state index contributed by atoms with van der Waals surface area (Å²) in [6.07, 6.45) is 1.82. The van der Waals surface area contributed by atoms with Gasteiger partial charge in [0.25, 0.3) is 5.91 Å². The summed E-state index contributed by atoms with van der Waals surface area (Å²) in [6, 6.07) is 18.5. The Kier molecular flexibility index (Phi) is 7.18. The number of nitrogens with zero attached hydrogens (tertiary/aromatic N) is 5. The van der Waals surface area contributed by atoms with Crippen LogP contribution in [0.3, 0.4) is 0 Å². The van der Waals surface area contributed by atoms with Crippen LogP contribution in [0.4, 0.5) is 0 Å². The lowest BCUT2D eigenvalue weighted by Crippen LogP contribution is -2.48. The number of pyridine rings is 1. The van der Waals surface area contributed by atoms with Gasteiger partial charge in [-0.2, -0.15) is 0 Å². The molecule has 0 saturated carbocycles. The zero-order valence-corrected chi connectivity index (χ0v) is 21.9. The minimum Gasteiger partial charge on any atom is -0.379 e. The minimum absolute atomic E-state index is 0.0952. The first-order valence-electron chi connectivity index (χ1n) is 13.5. The van der Waals surface area contributed by atoms with Crippen molar-refractivity contribution in [2.45, 2.75) is 13.5 Å². The van der Waals surface area contributed by atoms with Gasteiger partial charge in [-0.05, 0) is 41.9 Å². The number of morpholine rings is 1. The number of ether oxygens (including phenoxy) is 1. The average Bonchev–Trinajstić information content (AvgIpc) is 3.42. The van der Waals surface area contributed by atoms with Crippen LogP contribution in [-0.4, -0.2) is 94.6 Å². The summed E-state index contributed by atoms with van der Waals surface area (Å²) in [7, 11) is 0. The van der Waals surface area contributed by atoms with Gasteiger partial charge in [0.1, 0.15) is 5.82 Å². The van der Waals surface area contributed by atoms with E-state index in [9.17, 15) is 4.79 Å². The third kappa shape index (κ3) is 5.20. The van der Waals surface area contributed by atoms with Gasteiger partial charge in [-0.25, -0.2) is 9.97 Å². The molecule has 1 N–H and O–H groups in total. The zero-order chi connectivity index (χ0) is 25.9. The number of rotatable bonds is 6. The largest absolute Gasteiger partial charge is 0.379 e. The van der Waals surface area contributed by atoms with E-state index < -0.39 is 0 Å².